The number of amides is 1. The number of hydrogen-bond donors (Lipinski definition) is 0. The lowest BCUT2D eigenvalue weighted by Crippen LogP contribution is -2.41. The Morgan fingerprint density at radius 1 is 1.00 bits per heavy atom. The van der Waals surface area contributed by atoms with Crippen molar-refractivity contribution in [2.24, 2.45) is 10.6 Å². The van der Waals surface area contributed by atoms with Crippen LogP contribution in [-0.4, -0.2) is 36.2 Å². The van der Waals surface area contributed by atoms with E-state index >= 15 is 0 Å². The first-order valence-electron chi connectivity index (χ1n) is 11.6. The fourth-order valence-corrected chi connectivity index (χ4v) is 4.18. The second-order valence-corrected chi connectivity index (χ2v) is 9.05. The van der Waals surface area contributed by atoms with E-state index in [4.69, 9.17) is 9.57 Å². The first-order chi connectivity index (χ1) is 16.3. The molecule has 4 rings (SSSR count). The number of alkyl halides is 3. The van der Waals surface area contributed by atoms with Crippen LogP contribution in [-0.2, 0) is 22.4 Å². The molecule has 34 heavy (non-hydrogen) atoms. The van der Waals surface area contributed by atoms with Gasteiger partial charge in [-0.2, -0.15) is 13.2 Å². The van der Waals surface area contributed by atoms with Gasteiger partial charge in [0.25, 0.3) is 5.91 Å². The molecule has 8 heteroatoms. The van der Waals surface area contributed by atoms with E-state index in [2.05, 4.69) is 5.16 Å². The Kier molecular flexibility index (Phi) is 7.14. The molecule has 182 valence electrons. The number of ether oxygens (including phenoxy) is 1. The molecule has 1 aliphatic carbocycles. The number of likely N-dealkylation sites (tertiary alicyclic amines) is 1. The van der Waals surface area contributed by atoms with Crippen LogP contribution in [0, 0.1) is 5.41 Å². The predicted octanol–water partition coefficient (Wildman–Crippen LogP) is 5.82. The lowest BCUT2D eigenvalue weighted by molar-refractivity contribution is -0.137. The van der Waals surface area contributed by atoms with Crippen molar-refractivity contribution in [2.45, 2.75) is 51.8 Å². The van der Waals surface area contributed by atoms with Crippen molar-refractivity contribution in [3.63, 3.8) is 0 Å². The second-order valence-electron chi connectivity index (χ2n) is 9.05. The maximum absolute atomic E-state index is 12.7. The van der Waals surface area contributed by atoms with Crippen LogP contribution < -0.4 is 4.74 Å². The van der Waals surface area contributed by atoms with E-state index in [-0.39, 0.29) is 19.1 Å². The minimum atomic E-state index is -4.36. The summed E-state index contributed by atoms with van der Waals surface area (Å²) < 4.78 is 43.7. The highest BCUT2D eigenvalue weighted by molar-refractivity contribution is 6.00. The zero-order valence-corrected chi connectivity index (χ0v) is 19.2. The van der Waals surface area contributed by atoms with Gasteiger partial charge >= 0.3 is 6.18 Å². The molecule has 1 amide bonds. The highest BCUT2D eigenvalue weighted by Crippen LogP contribution is 2.53. The molecule has 2 aromatic carbocycles. The molecule has 1 spiro atoms. The fraction of sp³-hybridized carbons (Fsp3) is 0.462. The van der Waals surface area contributed by atoms with Gasteiger partial charge in [0.05, 0.1) is 11.3 Å². The van der Waals surface area contributed by atoms with Crippen LogP contribution in [0.15, 0.2) is 53.7 Å². The van der Waals surface area contributed by atoms with Crippen molar-refractivity contribution >= 4 is 11.6 Å². The first kappa shape index (κ1) is 24.1. The van der Waals surface area contributed by atoms with Crippen LogP contribution in [0.4, 0.5) is 13.2 Å². The Bertz CT molecular complexity index is 1000. The summed E-state index contributed by atoms with van der Waals surface area (Å²) in [5, 5.41) is 4.15. The number of hydrogen-bond acceptors (Lipinski definition) is 4. The van der Waals surface area contributed by atoms with Gasteiger partial charge in [0, 0.05) is 13.1 Å². The molecule has 0 unspecified atom stereocenters. The van der Waals surface area contributed by atoms with Crippen molar-refractivity contribution in [3.05, 3.63) is 65.2 Å². The number of piperidine rings is 1. The molecule has 0 bridgehead atoms. The Morgan fingerprint density at radius 3 is 2.21 bits per heavy atom. The van der Waals surface area contributed by atoms with Gasteiger partial charge in [-0.1, -0.05) is 24.2 Å². The SMILES string of the molecule is CCC(=NOCc1ccc(C(F)(F)F)cc1)c1ccc(OCC(=O)N2CCC3(CC2)CC3)cc1. The zero-order valence-electron chi connectivity index (χ0n) is 19.2. The van der Waals surface area contributed by atoms with Crippen molar-refractivity contribution in [2.75, 3.05) is 19.7 Å². The molecule has 2 aromatic rings. The summed E-state index contributed by atoms with van der Waals surface area (Å²) in [4.78, 5) is 19.7. The van der Waals surface area contributed by atoms with E-state index < -0.39 is 11.7 Å². The molecule has 2 aliphatic rings. The van der Waals surface area contributed by atoms with Gasteiger partial charge in [0.15, 0.2) is 6.61 Å². The first-order valence-corrected chi connectivity index (χ1v) is 11.6. The van der Waals surface area contributed by atoms with Gasteiger partial charge in [-0.15, -0.1) is 0 Å². The summed E-state index contributed by atoms with van der Waals surface area (Å²) in [5.74, 6) is 0.626. The number of oxime groups is 1. The molecule has 0 aromatic heterocycles. The number of carbonyl (C=O) groups is 1. The monoisotopic (exact) mass is 474 g/mol. The van der Waals surface area contributed by atoms with E-state index in [0.29, 0.717) is 28.9 Å². The van der Waals surface area contributed by atoms with E-state index in [0.717, 1.165) is 43.6 Å². The third-order valence-electron chi connectivity index (χ3n) is 6.71. The molecular formula is C26H29F3N2O3. The Morgan fingerprint density at radius 2 is 1.65 bits per heavy atom. The summed E-state index contributed by atoms with van der Waals surface area (Å²) in [6.45, 7) is 3.68. The van der Waals surface area contributed by atoms with Crippen LogP contribution in [0.2, 0.25) is 0 Å². The Hall–Kier alpha value is -3.03. The quantitative estimate of drug-likeness (QED) is 0.358. The molecule has 5 nitrogen and oxygen atoms in total. The van der Waals surface area contributed by atoms with E-state index in [1.807, 2.05) is 24.0 Å². The average Bonchev–Trinajstić information content (AvgIpc) is 3.59. The molecule has 1 saturated heterocycles. The van der Waals surface area contributed by atoms with Crippen LogP contribution in [0.25, 0.3) is 0 Å². The topological polar surface area (TPSA) is 51.1 Å². The minimum Gasteiger partial charge on any atom is -0.484 e. The van der Waals surface area contributed by atoms with Crippen LogP contribution >= 0.6 is 0 Å². The summed E-state index contributed by atoms with van der Waals surface area (Å²) >= 11 is 0. The highest BCUT2D eigenvalue weighted by atomic mass is 19.4. The molecule has 1 heterocycles. The van der Waals surface area contributed by atoms with E-state index in [9.17, 15) is 18.0 Å². The van der Waals surface area contributed by atoms with Crippen molar-refractivity contribution in [3.8, 4) is 5.75 Å². The standard InChI is InChI=1S/C26H29F3N2O3/c1-2-23(30-34-17-19-3-7-21(8-4-19)26(27,28)29)20-5-9-22(10-6-20)33-18-24(32)31-15-13-25(11-12-25)14-16-31/h3-10H,2,11-18H2,1H3. The van der Waals surface area contributed by atoms with Crippen molar-refractivity contribution < 1.29 is 27.5 Å². The number of carbonyl (C=O) groups excluding carboxylic acids is 1. The van der Waals surface area contributed by atoms with Gasteiger partial charge in [0.1, 0.15) is 12.4 Å². The third kappa shape index (κ3) is 6.10. The summed E-state index contributed by atoms with van der Waals surface area (Å²) in [6, 6.07) is 12.1. The maximum Gasteiger partial charge on any atom is 0.416 e. The molecular weight excluding hydrogens is 445 g/mol. The number of halogens is 3. The molecule has 0 atom stereocenters. The third-order valence-corrected chi connectivity index (χ3v) is 6.71. The lowest BCUT2D eigenvalue weighted by atomic mass is 9.94. The van der Waals surface area contributed by atoms with Crippen LogP contribution in [0.5, 0.6) is 5.75 Å². The molecule has 2 fully saturated rings. The van der Waals surface area contributed by atoms with Gasteiger partial charge in [0.2, 0.25) is 0 Å². The zero-order chi connectivity index (χ0) is 24.2. The van der Waals surface area contributed by atoms with E-state index in [1.54, 1.807) is 12.1 Å². The van der Waals surface area contributed by atoms with Crippen LogP contribution in [0.3, 0.4) is 0 Å². The maximum atomic E-state index is 12.7. The van der Waals surface area contributed by atoms with Crippen LogP contribution in [0.1, 0.15) is 55.7 Å². The molecule has 0 radical (unpaired) electrons. The normalized spacial score (nSPS) is 17.5. The smallest absolute Gasteiger partial charge is 0.416 e. The van der Waals surface area contributed by atoms with Gasteiger partial charge in [-0.05, 0) is 85.0 Å². The van der Waals surface area contributed by atoms with Crippen molar-refractivity contribution in [1.29, 1.82) is 0 Å². The highest BCUT2D eigenvalue weighted by Gasteiger charge is 2.45. The summed E-state index contributed by atoms with van der Waals surface area (Å²) in [7, 11) is 0. The van der Waals surface area contributed by atoms with Gasteiger partial charge in [-0.3, -0.25) is 4.79 Å². The summed E-state index contributed by atoms with van der Waals surface area (Å²) in [6.07, 6.45) is 1.08. The van der Waals surface area contributed by atoms with Gasteiger partial charge in [-0.25, -0.2) is 0 Å². The fourth-order valence-electron chi connectivity index (χ4n) is 4.18. The second kappa shape index (κ2) is 10.1. The van der Waals surface area contributed by atoms with Gasteiger partial charge < -0.3 is 14.5 Å². The Labute approximate surface area is 197 Å². The lowest BCUT2D eigenvalue weighted by Gasteiger charge is -2.32. The molecule has 1 saturated carbocycles. The average molecular weight is 475 g/mol. The minimum absolute atomic E-state index is 0.0204. The largest absolute Gasteiger partial charge is 0.484 e. The van der Waals surface area contributed by atoms with Crippen molar-refractivity contribution in [1.82, 2.24) is 4.90 Å². The van der Waals surface area contributed by atoms with E-state index in [1.165, 1.54) is 25.0 Å². The molecule has 0 N–H and O–H groups in total. The Balaban J connectivity index is 1.25. The number of rotatable bonds is 8. The number of benzene rings is 2. The predicted molar refractivity (Wildman–Crippen MR) is 122 cm³/mol. The molecule has 1 aliphatic heterocycles. The summed E-state index contributed by atoms with van der Waals surface area (Å²) in [5.41, 5.74) is 1.99. The number of nitrogens with zero attached hydrogens (tertiary/aromatic N) is 2.